The molecule has 0 saturated heterocycles. The molecule has 2 heterocycles. The second-order valence-corrected chi connectivity index (χ2v) is 5.65. The van der Waals surface area contributed by atoms with Crippen LogP contribution in [0.25, 0.3) is 0 Å². The highest BCUT2D eigenvalue weighted by Crippen LogP contribution is 2.05. The van der Waals surface area contributed by atoms with E-state index in [1.54, 1.807) is 12.4 Å². The van der Waals surface area contributed by atoms with Crippen molar-refractivity contribution in [1.82, 2.24) is 24.2 Å². The molecule has 0 fully saturated rings. The summed E-state index contributed by atoms with van der Waals surface area (Å²) in [6.45, 7) is 0.248. The highest BCUT2D eigenvalue weighted by atomic mass is 32.2. The minimum atomic E-state index is -3.61. The zero-order valence-electron chi connectivity index (χ0n) is 10.3. The van der Waals surface area contributed by atoms with Crippen LogP contribution in [-0.4, -0.2) is 34.5 Å². The molecule has 2 rings (SSSR count). The maximum Gasteiger partial charge on any atom is 0.243 e. The molecule has 0 radical (unpaired) electrons. The first-order valence-electron chi connectivity index (χ1n) is 5.52. The van der Waals surface area contributed by atoms with E-state index in [1.165, 1.54) is 12.4 Å². The van der Waals surface area contributed by atoms with E-state index in [2.05, 4.69) is 19.7 Å². The highest BCUT2D eigenvalue weighted by molar-refractivity contribution is 7.89. The molecule has 0 amide bonds. The predicted octanol–water partition coefficient (Wildman–Crippen LogP) is -0.687. The first kappa shape index (κ1) is 13.4. The van der Waals surface area contributed by atoms with E-state index in [4.69, 9.17) is 5.73 Å². The van der Waals surface area contributed by atoms with Crippen molar-refractivity contribution in [2.45, 2.75) is 11.3 Å². The molecular formula is C10H14N6O2S. The van der Waals surface area contributed by atoms with Crippen LogP contribution >= 0.6 is 0 Å². The molecule has 0 unspecified atom stereocenters. The summed E-state index contributed by atoms with van der Waals surface area (Å²) < 4.78 is 28.1. The Kier molecular flexibility index (Phi) is 3.76. The van der Waals surface area contributed by atoms with Crippen LogP contribution in [0.15, 0.2) is 29.7 Å². The second-order valence-electron chi connectivity index (χ2n) is 3.88. The van der Waals surface area contributed by atoms with Gasteiger partial charge in [-0.15, -0.1) is 0 Å². The van der Waals surface area contributed by atoms with Crippen molar-refractivity contribution in [1.29, 1.82) is 0 Å². The molecule has 0 saturated carbocycles. The summed E-state index contributed by atoms with van der Waals surface area (Å²) >= 11 is 0. The Morgan fingerprint density at radius 3 is 2.58 bits per heavy atom. The van der Waals surface area contributed by atoms with Gasteiger partial charge < -0.3 is 10.3 Å². The molecule has 9 heteroatoms. The fraction of sp³-hybridized carbons (Fsp3) is 0.300. The fourth-order valence-corrected chi connectivity index (χ4v) is 2.40. The van der Waals surface area contributed by atoms with Crippen LogP contribution in [0.2, 0.25) is 0 Å². The zero-order chi connectivity index (χ0) is 13.9. The largest absolute Gasteiger partial charge is 0.368 e. The SMILES string of the molecule is Cn1ccnc1CCNS(=O)(=O)c1cnc(N)nc1. The molecule has 0 bridgehead atoms. The number of hydrogen-bond acceptors (Lipinski definition) is 6. The molecule has 0 atom stereocenters. The number of anilines is 1. The van der Waals surface area contributed by atoms with Crippen LogP contribution in [0.5, 0.6) is 0 Å². The fourth-order valence-electron chi connectivity index (χ4n) is 1.48. The van der Waals surface area contributed by atoms with Crippen molar-refractivity contribution in [3.63, 3.8) is 0 Å². The van der Waals surface area contributed by atoms with Gasteiger partial charge in [0.05, 0.1) is 12.4 Å². The summed E-state index contributed by atoms with van der Waals surface area (Å²) in [6.07, 6.45) is 6.31. The standard InChI is InChI=1S/C10H14N6O2S/c1-16-5-4-12-9(16)2-3-15-19(17,18)8-6-13-10(11)14-7-8/h4-7,15H,2-3H2,1H3,(H2,11,13,14). The Bertz CT molecular complexity index is 649. The molecule has 8 nitrogen and oxygen atoms in total. The van der Waals surface area contributed by atoms with Crippen LogP contribution < -0.4 is 10.5 Å². The molecule has 102 valence electrons. The summed E-state index contributed by atoms with van der Waals surface area (Å²) in [5.41, 5.74) is 5.30. The number of rotatable bonds is 5. The Morgan fingerprint density at radius 2 is 2.00 bits per heavy atom. The van der Waals surface area contributed by atoms with Crippen molar-refractivity contribution in [3.05, 3.63) is 30.6 Å². The van der Waals surface area contributed by atoms with Crippen molar-refractivity contribution in [2.75, 3.05) is 12.3 Å². The van der Waals surface area contributed by atoms with E-state index in [-0.39, 0.29) is 17.4 Å². The number of aromatic nitrogens is 4. The smallest absolute Gasteiger partial charge is 0.243 e. The normalized spacial score (nSPS) is 11.6. The van der Waals surface area contributed by atoms with Crippen molar-refractivity contribution < 1.29 is 8.42 Å². The van der Waals surface area contributed by atoms with Gasteiger partial charge in [-0.2, -0.15) is 0 Å². The Morgan fingerprint density at radius 1 is 1.32 bits per heavy atom. The third kappa shape index (κ3) is 3.26. The first-order valence-corrected chi connectivity index (χ1v) is 7.01. The number of sulfonamides is 1. The number of imidazole rings is 1. The van der Waals surface area contributed by atoms with Gasteiger partial charge in [-0.3, -0.25) is 0 Å². The van der Waals surface area contributed by atoms with Crippen LogP contribution in [-0.2, 0) is 23.5 Å². The van der Waals surface area contributed by atoms with Crippen molar-refractivity contribution in [2.24, 2.45) is 7.05 Å². The molecule has 19 heavy (non-hydrogen) atoms. The third-order valence-electron chi connectivity index (χ3n) is 2.52. The summed E-state index contributed by atoms with van der Waals surface area (Å²) in [7, 11) is -1.76. The molecule has 2 aromatic heterocycles. The quantitative estimate of drug-likeness (QED) is 0.750. The second kappa shape index (κ2) is 5.33. The molecule has 2 aromatic rings. The minimum absolute atomic E-state index is 0.0125. The highest BCUT2D eigenvalue weighted by Gasteiger charge is 2.14. The van der Waals surface area contributed by atoms with E-state index in [0.717, 1.165) is 5.82 Å². The summed E-state index contributed by atoms with van der Waals surface area (Å²) in [5, 5.41) is 0. The van der Waals surface area contributed by atoms with Gasteiger partial charge in [-0.25, -0.2) is 28.1 Å². The zero-order valence-corrected chi connectivity index (χ0v) is 11.1. The topological polar surface area (TPSA) is 116 Å². The minimum Gasteiger partial charge on any atom is -0.368 e. The Hall–Kier alpha value is -2.00. The van der Waals surface area contributed by atoms with Gasteiger partial charge in [0.2, 0.25) is 16.0 Å². The number of hydrogen-bond donors (Lipinski definition) is 2. The third-order valence-corrected chi connectivity index (χ3v) is 3.94. The molecule has 0 aromatic carbocycles. The Balaban J connectivity index is 1.98. The number of nitrogens with one attached hydrogen (secondary N) is 1. The maximum atomic E-state index is 11.9. The van der Waals surface area contributed by atoms with Gasteiger partial charge in [0.25, 0.3) is 0 Å². The molecule has 0 aliphatic heterocycles. The van der Waals surface area contributed by atoms with Gasteiger partial charge >= 0.3 is 0 Å². The van der Waals surface area contributed by atoms with E-state index in [0.29, 0.717) is 6.42 Å². The van der Waals surface area contributed by atoms with Gasteiger partial charge in [-0.1, -0.05) is 0 Å². The van der Waals surface area contributed by atoms with Gasteiger partial charge in [-0.05, 0) is 0 Å². The number of nitrogens with zero attached hydrogens (tertiary/aromatic N) is 4. The first-order chi connectivity index (χ1) is 8.99. The lowest BCUT2D eigenvalue weighted by Crippen LogP contribution is -2.27. The number of aryl methyl sites for hydroxylation is 1. The molecular weight excluding hydrogens is 268 g/mol. The van der Waals surface area contributed by atoms with Crippen molar-refractivity contribution >= 4 is 16.0 Å². The van der Waals surface area contributed by atoms with E-state index < -0.39 is 10.0 Å². The van der Waals surface area contributed by atoms with Crippen molar-refractivity contribution in [3.8, 4) is 0 Å². The summed E-state index contributed by atoms with van der Waals surface area (Å²) in [6, 6.07) is 0. The molecule has 0 spiro atoms. The average molecular weight is 282 g/mol. The number of nitrogens with two attached hydrogens (primary N) is 1. The predicted molar refractivity (Wildman–Crippen MR) is 68.5 cm³/mol. The molecule has 0 aliphatic rings. The van der Waals surface area contributed by atoms with Gasteiger partial charge in [0.15, 0.2) is 0 Å². The summed E-state index contributed by atoms with van der Waals surface area (Å²) in [4.78, 5) is 11.4. The lowest BCUT2D eigenvalue weighted by Gasteiger charge is -2.06. The van der Waals surface area contributed by atoms with Crippen LogP contribution in [0.1, 0.15) is 5.82 Å². The number of nitrogen functional groups attached to an aromatic ring is 1. The Labute approximate surface area is 110 Å². The monoisotopic (exact) mass is 282 g/mol. The van der Waals surface area contributed by atoms with Crippen LogP contribution in [0.4, 0.5) is 5.95 Å². The lowest BCUT2D eigenvalue weighted by molar-refractivity contribution is 0.579. The van der Waals surface area contributed by atoms with Crippen LogP contribution in [0, 0.1) is 0 Å². The van der Waals surface area contributed by atoms with Gasteiger partial charge in [0, 0.05) is 32.4 Å². The van der Waals surface area contributed by atoms with Gasteiger partial charge in [0.1, 0.15) is 10.7 Å². The van der Waals surface area contributed by atoms with E-state index in [9.17, 15) is 8.42 Å². The van der Waals surface area contributed by atoms with E-state index in [1.807, 2.05) is 11.6 Å². The molecule has 0 aliphatic carbocycles. The molecule has 3 N–H and O–H groups in total. The van der Waals surface area contributed by atoms with Crippen LogP contribution in [0.3, 0.4) is 0 Å². The summed E-state index contributed by atoms with van der Waals surface area (Å²) in [5.74, 6) is 0.836. The lowest BCUT2D eigenvalue weighted by atomic mass is 10.4. The average Bonchev–Trinajstić information content (AvgIpc) is 2.75. The van der Waals surface area contributed by atoms with E-state index >= 15 is 0 Å². The maximum absolute atomic E-state index is 11.9.